The van der Waals surface area contributed by atoms with Gasteiger partial charge < -0.3 is 5.73 Å². The molecule has 0 saturated heterocycles. The summed E-state index contributed by atoms with van der Waals surface area (Å²) >= 11 is 0. The maximum absolute atomic E-state index is 3.76. The van der Waals surface area contributed by atoms with E-state index >= 15 is 0 Å². The van der Waals surface area contributed by atoms with Crippen LogP contribution in [0.2, 0.25) is 0 Å². The Kier molecular flexibility index (Phi) is 7.73. The Morgan fingerprint density at radius 2 is 1.83 bits per heavy atom. The average molecular weight is 90.2 g/mol. The van der Waals surface area contributed by atoms with Crippen molar-refractivity contribution in [2.75, 3.05) is 0 Å². The highest BCUT2D eigenvalue weighted by atomic mass is 14.6. The van der Waals surface area contributed by atoms with E-state index in [0.29, 0.717) is 6.04 Å². The topological polar surface area (TPSA) is 27.6 Å². The largest absolute Gasteiger partial charge is 0.355 e. The zero-order valence-corrected chi connectivity index (χ0v) is 3.99. The number of quaternary nitrogens is 1. The molecule has 0 amide bonds. The van der Waals surface area contributed by atoms with Crippen molar-refractivity contribution in [2.45, 2.75) is 33.7 Å². The summed E-state index contributed by atoms with van der Waals surface area (Å²) in [6.07, 6.45) is 1.19. The quantitative estimate of drug-likeness (QED) is 0.490. The van der Waals surface area contributed by atoms with Crippen molar-refractivity contribution in [1.82, 2.24) is 0 Å². The van der Waals surface area contributed by atoms with Gasteiger partial charge in [-0.05, 0) is 13.3 Å². The Labute approximate surface area is 40.5 Å². The van der Waals surface area contributed by atoms with Gasteiger partial charge in [-0.3, -0.25) is 0 Å². The SMILES string of the molecule is C.CCC(C)[NH3+]. The molecule has 0 radical (unpaired) electrons. The van der Waals surface area contributed by atoms with Crippen molar-refractivity contribution in [3.05, 3.63) is 0 Å². The molecule has 0 heterocycles. The lowest BCUT2D eigenvalue weighted by Crippen LogP contribution is -2.58. The molecule has 0 fully saturated rings. The maximum Gasteiger partial charge on any atom is 0.0812 e. The minimum absolute atomic E-state index is 0. The lowest BCUT2D eigenvalue weighted by molar-refractivity contribution is -0.414. The first kappa shape index (κ1) is 9.35. The van der Waals surface area contributed by atoms with Crippen LogP contribution in [0.4, 0.5) is 0 Å². The molecule has 0 aliphatic rings. The molecule has 0 aliphatic carbocycles. The van der Waals surface area contributed by atoms with E-state index in [0.717, 1.165) is 0 Å². The molecule has 0 aromatic carbocycles. The zero-order valence-electron chi connectivity index (χ0n) is 3.99. The van der Waals surface area contributed by atoms with E-state index in [4.69, 9.17) is 0 Å². The van der Waals surface area contributed by atoms with Gasteiger partial charge in [-0.2, -0.15) is 0 Å². The summed E-state index contributed by atoms with van der Waals surface area (Å²) in [6, 6.07) is 0.634. The van der Waals surface area contributed by atoms with Crippen LogP contribution < -0.4 is 5.73 Å². The second kappa shape index (κ2) is 4.96. The van der Waals surface area contributed by atoms with Crippen LogP contribution in [0.1, 0.15) is 27.7 Å². The molecule has 0 spiro atoms. The van der Waals surface area contributed by atoms with Gasteiger partial charge in [-0.1, -0.05) is 14.4 Å². The third-order valence-electron chi connectivity index (χ3n) is 0.697. The van der Waals surface area contributed by atoms with Crippen LogP contribution in [0, 0.1) is 0 Å². The fourth-order valence-electron chi connectivity index (χ4n) is 0. The molecule has 1 nitrogen and oxygen atoms in total. The Morgan fingerprint density at radius 1 is 1.67 bits per heavy atom. The molecular weight excluding hydrogens is 74.1 g/mol. The number of rotatable bonds is 1. The smallest absolute Gasteiger partial charge is 0.0812 e. The fourth-order valence-corrected chi connectivity index (χ4v) is 0. The highest BCUT2D eigenvalue weighted by Crippen LogP contribution is 1.74. The molecule has 3 N–H and O–H groups in total. The standard InChI is InChI=1S/C4H11N.CH4/c1-3-4(2)5;/h4H,3,5H2,1-2H3;1H4/p+1. The van der Waals surface area contributed by atoms with E-state index in [2.05, 4.69) is 19.6 Å². The Balaban J connectivity index is 0. The molecule has 0 rings (SSSR count). The van der Waals surface area contributed by atoms with Crippen LogP contribution in [0.15, 0.2) is 0 Å². The van der Waals surface area contributed by atoms with Gasteiger partial charge in [-0.25, -0.2) is 0 Å². The monoisotopic (exact) mass is 90.1 g/mol. The van der Waals surface area contributed by atoms with Crippen molar-refractivity contribution in [1.29, 1.82) is 0 Å². The predicted octanol–water partition coefficient (Wildman–Crippen LogP) is 0.663. The zero-order chi connectivity index (χ0) is 4.28. The molecule has 1 atom stereocenters. The molecular formula is C5H16N+. The van der Waals surface area contributed by atoms with Gasteiger partial charge in [0.15, 0.2) is 0 Å². The van der Waals surface area contributed by atoms with Crippen LogP contribution in [0.3, 0.4) is 0 Å². The van der Waals surface area contributed by atoms with Crippen molar-refractivity contribution in [3.63, 3.8) is 0 Å². The summed E-state index contributed by atoms with van der Waals surface area (Å²) in [5.41, 5.74) is 3.76. The van der Waals surface area contributed by atoms with E-state index < -0.39 is 0 Å². The van der Waals surface area contributed by atoms with Gasteiger partial charge in [0.2, 0.25) is 0 Å². The highest BCUT2D eigenvalue weighted by molar-refractivity contribution is 4.31. The van der Waals surface area contributed by atoms with Crippen LogP contribution in [-0.4, -0.2) is 6.04 Å². The van der Waals surface area contributed by atoms with E-state index in [1.807, 2.05) is 0 Å². The normalized spacial score (nSPS) is 12.5. The van der Waals surface area contributed by atoms with Crippen molar-refractivity contribution in [2.24, 2.45) is 0 Å². The third kappa shape index (κ3) is 9.03. The van der Waals surface area contributed by atoms with Gasteiger partial charge in [0.1, 0.15) is 0 Å². The Morgan fingerprint density at radius 3 is 1.83 bits per heavy atom. The Bertz CT molecular complexity index is 17.9. The molecule has 6 heavy (non-hydrogen) atoms. The first-order valence-electron chi connectivity index (χ1n) is 2.10. The van der Waals surface area contributed by atoms with E-state index in [-0.39, 0.29) is 7.43 Å². The second-order valence-corrected chi connectivity index (χ2v) is 1.51. The molecule has 0 saturated carbocycles. The molecule has 1 heteroatoms. The second-order valence-electron chi connectivity index (χ2n) is 1.51. The summed E-state index contributed by atoms with van der Waals surface area (Å²) < 4.78 is 0. The van der Waals surface area contributed by atoms with E-state index in [1.165, 1.54) is 6.42 Å². The molecule has 0 aliphatic heterocycles. The number of hydrogen-bond donors (Lipinski definition) is 1. The molecule has 1 unspecified atom stereocenters. The van der Waals surface area contributed by atoms with E-state index in [1.54, 1.807) is 0 Å². The molecule has 40 valence electrons. The summed E-state index contributed by atoms with van der Waals surface area (Å²) in [7, 11) is 0. The van der Waals surface area contributed by atoms with Gasteiger partial charge in [0.05, 0.1) is 6.04 Å². The third-order valence-corrected chi connectivity index (χ3v) is 0.697. The van der Waals surface area contributed by atoms with Gasteiger partial charge in [0.25, 0.3) is 0 Å². The average Bonchev–Trinajstić information content (AvgIpc) is 1.38. The van der Waals surface area contributed by atoms with Crippen LogP contribution in [0.5, 0.6) is 0 Å². The maximum atomic E-state index is 3.76. The molecule has 0 aromatic rings. The van der Waals surface area contributed by atoms with Crippen molar-refractivity contribution >= 4 is 0 Å². The predicted molar refractivity (Wildman–Crippen MR) is 29.4 cm³/mol. The highest BCUT2D eigenvalue weighted by Gasteiger charge is 1.84. The summed E-state index contributed by atoms with van der Waals surface area (Å²) in [6.45, 7) is 4.25. The van der Waals surface area contributed by atoms with Gasteiger partial charge >= 0.3 is 0 Å². The first-order valence-corrected chi connectivity index (χ1v) is 2.10. The summed E-state index contributed by atoms with van der Waals surface area (Å²) in [5.74, 6) is 0. The van der Waals surface area contributed by atoms with Crippen LogP contribution in [0.25, 0.3) is 0 Å². The Hall–Kier alpha value is -0.0400. The van der Waals surface area contributed by atoms with Crippen molar-refractivity contribution in [3.8, 4) is 0 Å². The van der Waals surface area contributed by atoms with Gasteiger partial charge in [-0.15, -0.1) is 0 Å². The van der Waals surface area contributed by atoms with Crippen molar-refractivity contribution < 1.29 is 5.73 Å². The van der Waals surface area contributed by atoms with E-state index in [9.17, 15) is 0 Å². The summed E-state index contributed by atoms with van der Waals surface area (Å²) in [5, 5.41) is 0. The fraction of sp³-hybridized carbons (Fsp3) is 1.00. The molecule has 0 aromatic heterocycles. The van der Waals surface area contributed by atoms with Crippen LogP contribution in [-0.2, 0) is 0 Å². The minimum atomic E-state index is 0. The lowest BCUT2D eigenvalue weighted by atomic mass is 10.3. The molecule has 0 bridgehead atoms. The number of hydrogen-bond acceptors (Lipinski definition) is 0. The van der Waals surface area contributed by atoms with Crippen LogP contribution >= 0.6 is 0 Å². The summed E-state index contributed by atoms with van der Waals surface area (Å²) in [4.78, 5) is 0. The lowest BCUT2D eigenvalue weighted by Gasteiger charge is -1.87. The minimum Gasteiger partial charge on any atom is -0.355 e. The van der Waals surface area contributed by atoms with Gasteiger partial charge in [0, 0.05) is 0 Å². The first-order chi connectivity index (χ1) is 2.27.